The third kappa shape index (κ3) is 3.83. The first-order valence-electron chi connectivity index (χ1n) is 7.04. The van der Waals surface area contributed by atoms with Crippen molar-refractivity contribution >= 4 is 55.0 Å². The summed E-state index contributed by atoms with van der Waals surface area (Å²) in [6.45, 7) is 5.69. The van der Waals surface area contributed by atoms with E-state index in [-0.39, 0.29) is 6.09 Å². The van der Waals surface area contributed by atoms with Crippen molar-refractivity contribution in [1.82, 2.24) is 4.57 Å². The fourth-order valence-corrected chi connectivity index (χ4v) is 6.78. The molecule has 0 saturated carbocycles. The molecular formula is C16H22BrNO2Sn. The summed E-state index contributed by atoms with van der Waals surface area (Å²) < 4.78 is 9.51. The second-order valence-electron chi connectivity index (χ2n) is 7.30. The molecule has 0 aliphatic carbocycles. The maximum atomic E-state index is 12.7. The molecule has 2 rings (SSSR count). The van der Waals surface area contributed by atoms with Gasteiger partial charge in [-0.2, -0.15) is 0 Å². The molecule has 0 aliphatic heterocycles. The summed E-state index contributed by atoms with van der Waals surface area (Å²) in [7, 11) is 0. The standard InChI is InChI=1S/C13H13BrNO2.3CH3.Sn/c1-13(2,3)17-12(16)15-7-6-9-4-5-10(14)8-11(9)15;;;;/h4-6,8H,1-3H3;3*1H3;. The molecule has 2 aromatic rings. The molecule has 3 nitrogen and oxygen atoms in total. The normalized spacial score (nSPS) is 12.7. The molecule has 1 aromatic heterocycles. The van der Waals surface area contributed by atoms with Crippen LogP contribution < -0.4 is 3.71 Å². The van der Waals surface area contributed by atoms with Gasteiger partial charge in [-0.05, 0) is 0 Å². The number of carbonyl (C=O) groups is 1. The fraction of sp³-hybridized carbons (Fsp3) is 0.438. The predicted octanol–water partition coefficient (Wildman–Crippen LogP) is 4.73. The van der Waals surface area contributed by atoms with Crippen LogP contribution in [-0.2, 0) is 4.74 Å². The fourth-order valence-electron chi connectivity index (χ4n) is 2.23. The average molecular weight is 459 g/mol. The minimum atomic E-state index is -2.45. The Hall–Kier alpha value is -0.491. The Morgan fingerprint density at radius 3 is 2.33 bits per heavy atom. The van der Waals surface area contributed by atoms with Gasteiger partial charge < -0.3 is 0 Å². The Bertz CT molecular complexity index is 693. The van der Waals surface area contributed by atoms with Crippen LogP contribution in [-0.4, -0.2) is 34.6 Å². The molecule has 114 valence electrons. The molecule has 21 heavy (non-hydrogen) atoms. The van der Waals surface area contributed by atoms with Crippen LogP contribution in [0.2, 0.25) is 14.8 Å². The van der Waals surface area contributed by atoms with E-state index in [0.717, 1.165) is 19.1 Å². The Labute approximate surface area is 138 Å². The van der Waals surface area contributed by atoms with Crippen molar-refractivity contribution in [1.29, 1.82) is 0 Å². The van der Waals surface area contributed by atoms with E-state index in [1.54, 1.807) is 4.57 Å². The first kappa shape index (κ1) is 16.9. The first-order valence-corrected chi connectivity index (χ1v) is 17.8. The Morgan fingerprint density at radius 1 is 1.19 bits per heavy atom. The van der Waals surface area contributed by atoms with Crippen LogP contribution in [0.15, 0.2) is 28.7 Å². The van der Waals surface area contributed by atoms with Crippen LogP contribution in [0.5, 0.6) is 0 Å². The molecule has 1 aromatic carbocycles. The van der Waals surface area contributed by atoms with Gasteiger partial charge in [0.1, 0.15) is 0 Å². The summed E-state index contributed by atoms with van der Waals surface area (Å²) in [5.41, 5.74) is 0.421. The van der Waals surface area contributed by atoms with Gasteiger partial charge in [0.05, 0.1) is 0 Å². The quantitative estimate of drug-likeness (QED) is 0.578. The molecule has 0 aliphatic rings. The Morgan fingerprint density at radius 2 is 1.81 bits per heavy atom. The summed E-state index contributed by atoms with van der Waals surface area (Å²) >= 11 is 1.04. The summed E-state index contributed by atoms with van der Waals surface area (Å²) in [5, 5.41) is 1.09. The number of carbonyl (C=O) groups excluding carboxylic acids is 1. The van der Waals surface area contributed by atoms with Crippen molar-refractivity contribution in [2.45, 2.75) is 41.2 Å². The number of ether oxygens (including phenoxy) is 1. The Balaban J connectivity index is 2.68. The number of hydrogen-bond acceptors (Lipinski definition) is 2. The van der Waals surface area contributed by atoms with Crippen molar-refractivity contribution in [3.8, 4) is 0 Å². The molecule has 1 heterocycles. The zero-order valence-corrected chi connectivity index (χ0v) is 17.9. The number of benzene rings is 1. The first-order chi connectivity index (χ1) is 9.49. The second kappa shape index (κ2) is 5.61. The molecular weight excluding hydrogens is 437 g/mol. The molecule has 0 unspecified atom stereocenters. The van der Waals surface area contributed by atoms with Crippen LogP contribution in [0.4, 0.5) is 4.79 Å². The number of hydrogen-bond donors (Lipinski definition) is 0. The van der Waals surface area contributed by atoms with Gasteiger partial charge in [0.25, 0.3) is 0 Å². The van der Waals surface area contributed by atoms with Gasteiger partial charge in [0, 0.05) is 0 Å². The molecule has 0 amide bonds. The average Bonchev–Trinajstić information content (AvgIpc) is 2.64. The molecule has 0 N–H and O–H groups in total. The van der Waals surface area contributed by atoms with Gasteiger partial charge in [0.15, 0.2) is 0 Å². The molecule has 0 spiro atoms. The van der Waals surface area contributed by atoms with Crippen LogP contribution in [0.25, 0.3) is 10.9 Å². The molecule has 0 atom stereocenters. The van der Waals surface area contributed by atoms with E-state index in [4.69, 9.17) is 4.74 Å². The second-order valence-corrected chi connectivity index (χ2v) is 22.5. The van der Waals surface area contributed by atoms with Crippen LogP contribution in [0.1, 0.15) is 20.8 Å². The van der Waals surface area contributed by atoms with E-state index < -0.39 is 24.0 Å². The summed E-state index contributed by atoms with van der Waals surface area (Å²) in [6.07, 6.45) is -0.280. The van der Waals surface area contributed by atoms with Crippen molar-refractivity contribution in [2.24, 2.45) is 0 Å². The van der Waals surface area contributed by atoms with E-state index in [0.29, 0.717) is 0 Å². The van der Waals surface area contributed by atoms with Gasteiger partial charge in [0.2, 0.25) is 0 Å². The number of halogens is 1. The van der Waals surface area contributed by atoms with Crippen molar-refractivity contribution < 1.29 is 9.53 Å². The zero-order chi connectivity index (χ0) is 16.0. The molecule has 5 heteroatoms. The van der Waals surface area contributed by atoms with Crippen molar-refractivity contribution in [3.63, 3.8) is 0 Å². The third-order valence-electron chi connectivity index (χ3n) is 3.11. The third-order valence-corrected chi connectivity index (χ3v) is 9.04. The van der Waals surface area contributed by atoms with Crippen molar-refractivity contribution in [3.05, 3.63) is 28.7 Å². The van der Waals surface area contributed by atoms with E-state index in [1.807, 2.05) is 39.0 Å². The number of aromatic nitrogens is 1. The van der Waals surface area contributed by atoms with Gasteiger partial charge >= 0.3 is 139 Å². The molecule has 0 radical (unpaired) electrons. The van der Waals surface area contributed by atoms with Gasteiger partial charge in [-0.3, -0.25) is 0 Å². The van der Waals surface area contributed by atoms with Crippen LogP contribution in [0, 0.1) is 0 Å². The zero-order valence-electron chi connectivity index (χ0n) is 13.5. The summed E-state index contributed by atoms with van der Waals surface area (Å²) in [6, 6.07) is 8.19. The molecule has 0 bridgehead atoms. The predicted molar refractivity (Wildman–Crippen MR) is 94.3 cm³/mol. The summed E-state index contributed by atoms with van der Waals surface area (Å²) in [5.74, 6) is 0. The van der Waals surface area contributed by atoms with Gasteiger partial charge in [-0.25, -0.2) is 0 Å². The van der Waals surface area contributed by atoms with E-state index in [9.17, 15) is 4.79 Å². The molecule has 0 fully saturated rings. The number of fused-ring (bicyclic) bond motifs is 1. The van der Waals surface area contributed by atoms with E-state index in [2.05, 4.69) is 36.8 Å². The number of nitrogens with zero attached hydrogens (tertiary/aromatic N) is 1. The van der Waals surface area contributed by atoms with E-state index >= 15 is 0 Å². The van der Waals surface area contributed by atoms with Crippen LogP contribution in [0.3, 0.4) is 0 Å². The van der Waals surface area contributed by atoms with Gasteiger partial charge in [-0.15, -0.1) is 0 Å². The van der Waals surface area contributed by atoms with E-state index in [1.165, 1.54) is 0 Å². The van der Waals surface area contributed by atoms with Crippen LogP contribution >= 0.6 is 15.9 Å². The monoisotopic (exact) mass is 459 g/mol. The van der Waals surface area contributed by atoms with Gasteiger partial charge in [-0.1, -0.05) is 0 Å². The molecule has 0 saturated heterocycles. The summed E-state index contributed by atoms with van der Waals surface area (Å²) in [4.78, 5) is 19.6. The number of rotatable bonds is 1. The minimum absolute atomic E-state index is 0.280. The topological polar surface area (TPSA) is 31.2 Å². The Kier molecular flexibility index (Phi) is 4.51. The SMILES string of the molecule is CC(C)(C)OC(=O)n1[c]([Sn]([CH3])([CH3])[CH3])cc2ccc(Br)cc21. The maximum absolute atomic E-state index is 12.7. The van der Waals surface area contributed by atoms with Crippen molar-refractivity contribution in [2.75, 3.05) is 0 Å².